The van der Waals surface area contributed by atoms with E-state index >= 15 is 0 Å². The van der Waals surface area contributed by atoms with Gasteiger partial charge in [-0.05, 0) is 42.5 Å². The van der Waals surface area contributed by atoms with E-state index in [-0.39, 0.29) is 6.03 Å². The Labute approximate surface area is 127 Å². The molecule has 1 saturated heterocycles. The van der Waals surface area contributed by atoms with E-state index in [0.717, 1.165) is 30.2 Å². The maximum Gasteiger partial charge on any atom is 0.323 e. The van der Waals surface area contributed by atoms with Crippen LogP contribution >= 0.6 is 15.9 Å². The Morgan fingerprint density at radius 2 is 2.25 bits per heavy atom. The molecule has 0 saturated carbocycles. The fourth-order valence-corrected chi connectivity index (χ4v) is 3.76. The number of nitrogens with one attached hydrogen (secondary N) is 2. The van der Waals surface area contributed by atoms with Gasteiger partial charge in [-0.1, -0.05) is 28.9 Å². The summed E-state index contributed by atoms with van der Waals surface area (Å²) in [7, 11) is 0. The fourth-order valence-electron chi connectivity index (χ4n) is 3.35. The van der Waals surface area contributed by atoms with Crippen LogP contribution in [0.3, 0.4) is 0 Å². The van der Waals surface area contributed by atoms with Gasteiger partial charge in [0.05, 0.1) is 0 Å². The van der Waals surface area contributed by atoms with Gasteiger partial charge in [0.1, 0.15) is 11.4 Å². The maximum absolute atomic E-state index is 12.1. The molecule has 2 N–H and O–H groups in total. The summed E-state index contributed by atoms with van der Waals surface area (Å²) < 4.78 is 1.09. The van der Waals surface area contributed by atoms with Crippen LogP contribution < -0.4 is 5.32 Å². The molecule has 106 valence electrons. The first-order chi connectivity index (χ1) is 9.56. The Kier molecular flexibility index (Phi) is 3.32. The first kappa shape index (κ1) is 13.6. The molecule has 1 atom stereocenters. The van der Waals surface area contributed by atoms with Crippen LogP contribution in [0.4, 0.5) is 4.79 Å². The van der Waals surface area contributed by atoms with Gasteiger partial charge in [0.2, 0.25) is 0 Å². The average Bonchev–Trinajstić information content (AvgIpc) is 2.64. The summed E-state index contributed by atoms with van der Waals surface area (Å²) in [6.07, 6.45) is 3.39. The number of nitrogens with zero attached hydrogens (tertiary/aromatic N) is 1. The summed E-state index contributed by atoms with van der Waals surface area (Å²) in [6.45, 7) is 2.77. The third kappa shape index (κ3) is 1.95. The Bertz CT molecular complexity index is 586. The van der Waals surface area contributed by atoms with E-state index in [1.54, 1.807) is 0 Å². The van der Waals surface area contributed by atoms with Gasteiger partial charge < -0.3 is 4.90 Å². The van der Waals surface area contributed by atoms with Crippen molar-refractivity contribution in [1.29, 1.82) is 5.41 Å². The van der Waals surface area contributed by atoms with E-state index in [2.05, 4.69) is 40.3 Å². The van der Waals surface area contributed by atoms with Gasteiger partial charge in [0.25, 0.3) is 0 Å². The smallest absolute Gasteiger partial charge is 0.311 e. The van der Waals surface area contributed by atoms with Crippen molar-refractivity contribution in [3.63, 3.8) is 0 Å². The van der Waals surface area contributed by atoms with Crippen molar-refractivity contribution in [2.75, 3.05) is 6.54 Å². The molecule has 0 aromatic heterocycles. The number of hydrogen-bond donors (Lipinski definition) is 2. The topological polar surface area (TPSA) is 56.2 Å². The van der Waals surface area contributed by atoms with Gasteiger partial charge in [0, 0.05) is 17.4 Å². The van der Waals surface area contributed by atoms with Crippen LogP contribution in [-0.4, -0.2) is 28.9 Å². The molecule has 2 aliphatic rings. The fraction of sp³-hybridized carbons (Fsp3) is 0.467. The van der Waals surface area contributed by atoms with Crippen LogP contribution in [0, 0.1) is 5.41 Å². The highest BCUT2D eigenvalue weighted by Crippen LogP contribution is 2.37. The number of hydrogen-bond acceptors (Lipinski definition) is 2. The molecule has 0 radical (unpaired) electrons. The monoisotopic (exact) mass is 335 g/mol. The van der Waals surface area contributed by atoms with Gasteiger partial charge >= 0.3 is 6.03 Å². The molecule has 1 fully saturated rings. The zero-order chi connectivity index (χ0) is 14.3. The molecule has 1 aliphatic heterocycles. The minimum atomic E-state index is -0.450. The molecule has 20 heavy (non-hydrogen) atoms. The van der Waals surface area contributed by atoms with Gasteiger partial charge in [-0.2, -0.15) is 0 Å². The van der Waals surface area contributed by atoms with E-state index in [0.29, 0.717) is 12.4 Å². The maximum atomic E-state index is 12.1. The highest BCUT2D eigenvalue weighted by atomic mass is 79.9. The van der Waals surface area contributed by atoms with Crippen LogP contribution in [0.25, 0.3) is 0 Å². The standard InChI is InChI=1S/C15H18BrN3O/c1-2-7-19-14(20)18-13(17)15(19)6-5-10-8-12(16)4-3-11(10)9-15/h3-4,8H,2,5-7,9H2,1H3,(H2,17,18,20). The van der Waals surface area contributed by atoms with Crippen molar-refractivity contribution in [1.82, 2.24) is 10.2 Å². The second-order valence-corrected chi connectivity index (χ2v) is 6.49. The summed E-state index contributed by atoms with van der Waals surface area (Å²) >= 11 is 3.50. The van der Waals surface area contributed by atoms with E-state index in [9.17, 15) is 4.79 Å². The molecule has 1 aliphatic carbocycles. The van der Waals surface area contributed by atoms with Crippen molar-refractivity contribution in [3.05, 3.63) is 33.8 Å². The molecule has 5 heteroatoms. The lowest BCUT2D eigenvalue weighted by molar-refractivity contribution is 0.163. The Hall–Kier alpha value is -1.36. The number of urea groups is 1. The number of fused-ring (bicyclic) bond motifs is 1. The van der Waals surface area contributed by atoms with E-state index < -0.39 is 5.54 Å². The number of aryl methyl sites for hydroxylation is 1. The molecule has 1 spiro atoms. The van der Waals surface area contributed by atoms with E-state index in [4.69, 9.17) is 5.41 Å². The third-order valence-electron chi connectivity index (χ3n) is 4.37. The number of amides is 2. The minimum absolute atomic E-state index is 0.114. The predicted octanol–water partition coefficient (Wildman–Crippen LogP) is 3.09. The number of carbonyl (C=O) groups excluding carboxylic acids is 1. The molecule has 1 heterocycles. The van der Waals surface area contributed by atoms with Gasteiger partial charge in [-0.3, -0.25) is 10.7 Å². The lowest BCUT2D eigenvalue weighted by Gasteiger charge is -2.40. The minimum Gasteiger partial charge on any atom is -0.311 e. The van der Waals surface area contributed by atoms with Crippen LogP contribution in [0.2, 0.25) is 0 Å². The Morgan fingerprint density at radius 1 is 1.45 bits per heavy atom. The first-order valence-corrected chi connectivity index (χ1v) is 7.81. The summed E-state index contributed by atoms with van der Waals surface area (Å²) in [5.74, 6) is 0.365. The van der Waals surface area contributed by atoms with Crippen LogP contribution in [0.5, 0.6) is 0 Å². The van der Waals surface area contributed by atoms with Crippen molar-refractivity contribution in [3.8, 4) is 0 Å². The average molecular weight is 336 g/mol. The molecule has 0 bridgehead atoms. The van der Waals surface area contributed by atoms with Gasteiger partial charge in [-0.25, -0.2) is 4.79 Å². The van der Waals surface area contributed by atoms with Crippen LogP contribution in [0.15, 0.2) is 22.7 Å². The zero-order valence-corrected chi connectivity index (χ0v) is 13.1. The first-order valence-electron chi connectivity index (χ1n) is 7.02. The van der Waals surface area contributed by atoms with Crippen LogP contribution in [-0.2, 0) is 12.8 Å². The molecule has 1 unspecified atom stereocenters. The number of rotatable bonds is 2. The molecule has 3 rings (SSSR count). The zero-order valence-electron chi connectivity index (χ0n) is 11.5. The highest BCUT2D eigenvalue weighted by Gasteiger charge is 2.50. The summed E-state index contributed by atoms with van der Waals surface area (Å²) in [4.78, 5) is 13.9. The highest BCUT2D eigenvalue weighted by molar-refractivity contribution is 9.10. The van der Waals surface area contributed by atoms with E-state index in [1.165, 1.54) is 11.1 Å². The normalized spacial score (nSPS) is 25.0. The summed E-state index contributed by atoms with van der Waals surface area (Å²) in [6, 6.07) is 6.19. The molecule has 1 aromatic rings. The Balaban J connectivity index is 1.99. The number of amidine groups is 1. The van der Waals surface area contributed by atoms with Crippen molar-refractivity contribution in [2.45, 2.75) is 38.1 Å². The second-order valence-electron chi connectivity index (χ2n) is 5.58. The summed E-state index contributed by atoms with van der Waals surface area (Å²) in [5, 5.41) is 10.9. The molecular formula is C15H18BrN3O. The molecule has 1 aromatic carbocycles. The van der Waals surface area contributed by atoms with Gasteiger partial charge in [0.15, 0.2) is 0 Å². The van der Waals surface area contributed by atoms with Crippen molar-refractivity contribution < 1.29 is 4.79 Å². The largest absolute Gasteiger partial charge is 0.323 e. The quantitative estimate of drug-likeness (QED) is 0.857. The Morgan fingerprint density at radius 3 is 3.00 bits per heavy atom. The lowest BCUT2D eigenvalue weighted by Crippen LogP contribution is -2.53. The van der Waals surface area contributed by atoms with Crippen molar-refractivity contribution in [2.24, 2.45) is 0 Å². The number of halogens is 1. The number of benzene rings is 1. The van der Waals surface area contributed by atoms with Crippen LogP contribution in [0.1, 0.15) is 30.9 Å². The third-order valence-corrected chi connectivity index (χ3v) is 4.86. The second kappa shape index (κ2) is 4.88. The molecule has 4 nitrogen and oxygen atoms in total. The SMILES string of the molecule is CCCN1C(=O)NC(=N)C12CCc1cc(Br)ccc1C2. The molecular weight excluding hydrogens is 318 g/mol. The summed E-state index contributed by atoms with van der Waals surface area (Å²) in [5.41, 5.74) is 2.13. The number of carbonyl (C=O) groups is 1. The predicted molar refractivity (Wildman–Crippen MR) is 82.2 cm³/mol. The van der Waals surface area contributed by atoms with Gasteiger partial charge in [-0.15, -0.1) is 0 Å². The molecule has 2 amide bonds. The van der Waals surface area contributed by atoms with E-state index in [1.807, 2.05) is 11.0 Å². The lowest BCUT2D eigenvalue weighted by atomic mass is 9.76. The van der Waals surface area contributed by atoms with Crippen molar-refractivity contribution >= 4 is 27.8 Å².